The Labute approximate surface area is 134 Å². The Morgan fingerprint density at radius 3 is 2.29 bits per heavy atom. The Bertz CT molecular complexity index is 508. The van der Waals surface area contributed by atoms with Crippen LogP contribution in [-0.2, 0) is 9.59 Å². The van der Waals surface area contributed by atoms with Gasteiger partial charge in [-0.3, -0.25) is 4.79 Å². The Morgan fingerprint density at radius 1 is 1.19 bits per heavy atom. The normalized spacial score (nSPS) is 16.7. The highest BCUT2D eigenvalue weighted by Crippen LogP contribution is 2.26. The van der Waals surface area contributed by atoms with Crippen LogP contribution in [-0.4, -0.2) is 43.3 Å². The Morgan fingerprint density at radius 2 is 1.76 bits per heavy atom. The highest BCUT2D eigenvalue weighted by Gasteiger charge is 2.24. The lowest BCUT2D eigenvalue weighted by atomic mass is 10.1. The average Bonchev–Trinajstić information content (AvgIpc) is 2.46. The third-order valence-corrected chi connectivity index (χ3v) is 4.11. The number of rotatable bonds is 4. The number of nitrogens with zero attached hydrogens (tertiary/aromatic N) is 2. The highest BCUT2D eigenvalue weighted by atomic mass is 35.5. The van der Waals surface area contributed by atoms with Crippen LogP contribution < -0.4 is 4.90 Å². The van der Waals surface area contributed by atoms with Crippen LogP contribution in [0.3, 0.4) is 0 Å². The van der Waals surface area contributed by atoms with E-state index in [4.69, 9.17) is 23.2 Å². The fourth-order valence-electron chi connectivity index (χ4n) is 2.46. The standard InChI is InChI=1S/C15H18Cl2N2O2/c1-11(2-7-20)15(21)19-5-3-18(4-6-19)14-9-12(16)8-13(17)10-14/h7-11H,2-6H2,1H3. The summed E-state index contributed by atoms with van der Waals surface area (Å²) < 4.78 is 0. The van der Waals surface area contributed by atoms with Crippen molar-refractivity contribution in [3.05, 3.63) is 28.2 Å². The molecule has 1 atom stereocenters. The summed E-state index contributed by atoms with van der Waals surface area (Å²) in [6, 6.07) is 5.45. The molecule has 0 N–H and O–H groups in total. The van der Waals surface area contributed by atoms with Crippen molar-refractivity contribution < 1.29 is 9.59 Å². The minimum atomic E-state index is -0.241. The summed E-state index contributed by atoms with van der Waals surface area (Å²) in [4.78, 5) is 26.6. The predicted octanol–water partition coefficient (Wildman–Crippen LogP) is 2.87. The Balaban J connectivity index is 1.96. The van der Waals surface area contributed by atoms with E-state index < -0.39 is 0 Å². The van der Waals surface area contributed by atoms with Gasteiger partial charge in [-0.25, -0.2) is 0 Å². The van der Waals surface area contributed by atoms with Crippen LogP contribution in [0, 0.1) is 5.92 Å². The summed E-state index contributed by atoms with van der Waals surface area (Å²) in [5.74, 6) is -0.194. The smallest absolute Gasteiger partial charge is 0.225 e. The van der Waals surface area contributed by atoms with E-state index in [2.05, 4.69) is 4.90 Å². The predicted molar refractivity (Wildman–Crippen MR) is 85.1 cm³/mol. The van der Waals surface area contributed by atoms with Gasteiger partial charge in [-0.1, -0.05) is 30.1 Å². The van der Waals surface area contributed by atoms with E-state index in [1.165, 1.54) is 0 Å². The van der Waals surface area contributed by atoms with Crippen molar-refractivity contribution in [3.8, 4) is 0 Å². The number of amides is 1. The fourth-order valence-corrected chi connectivity index (χ4v) is 2.98. The van der Waals surface area contributed by atoms with Gasteiger partial charge < -0.3 is 14.6 Å². The first kappa shape index (κ1) is 16.1. The van der Waals surface area contributed by atoms with Gasteiger partial charge in [-0.15, -0.1) is 0 Å². The molecule has 0 saturated carbocycles. The third-order valence-electron chi connectivity index (χ3n) is 3.68. The lowest BCUT2D eigenvalue weighted by Crippen LogP contribution is -2.50. The number of aldehydes is 1. The number of carbonyl (C=O) groups is 2. The molecule has 0 bridgehead atoms. The molecule has 21 heavy (non-hydrogen) atoms. The van der Waals surface area contributed by atoms with Crippen LogP contribution in [0.5, 0.6) is 0 Å². The van der Waals surface area contributed by atoms with Crippen molar-refractivity contribution >= 4 is 41.1 Å². The van der Waals surface area contributed by atoms with E-state index in [0.717, 1.165) is 25.1 Å². The van der Waals surface area contributed by atoms with Crippen molar-refractivity contribution in [2.75, 3.05) is 31.1 Å². The molecule has 2 rings (SSSR count). The zero-order chi connectivity index (χ0) is 15.4. The molecule has 0 radical (unpaired) electrons. The first-order chi connectivity index (χ1) is 10.0. The molecule has 1 aliphatic rings. The van der Waals surface area contributed by atoms with E-state index in [1.807, 2.05) is 17.0 Å². The molecule has 1 heterocycles. The van der Waals surface area contributed by atoms with Crippen molar-refractivity contribution in [1.29, 1.82) is 0 Å². The third kappa shape index (κ3) is 4.11. The number of hydrogen-bond acceptors (Lipinski definition) is 3. The molecule has 4 nitrogen and oxygen atoms in total. The monoisotopic (exact) mass is 328 g/mol. The number of anilines is 1. The lowest BCUT2D eigenvalue weighted by molar-refractivity contribution is -0.136. The van der Waals surface area contributed by atoms with Gasteiger partial charge in [0.15, 0.2) is 0 Å². The van der Waals surface area contributed by atoms with E-state index in [0.29, 0.717) is 23.1 Å². The van der Waals surface area contributed by atoms with Crippen LogP contribution in [0.2, 0.25) is 10.0 Å². The maximum absolute atomic E-state index is 12.1. The largest absolute Gasteiger partial charge is 0.368 e. The van der Waals surface area contributed by atoms with Crippen molar-refractivity contribution in [3.63, 3.8) is 0 Å². The average molecular weight is 329 g/mol. The SMILES string of the molecule is CC(CC=O)C(=O)N1CCN(c2cc(Cl)cc(Cl)c2)CC1. The summed E-state index contributed by atoms with van der Waals surface area (Å²) in [5.41, 5.74) is 0.973. The molecule has 1 saturated heterocycles. The van der Waals surface area contributed by atoms with Crippen molar-refractivity contribution in [2.24, 2.45) is 5.92 Å². The van der Waals surface area contributed by atoms with Gasteiger partial charge in [0.1, 0.15) is 6.29 Å². The maximum atomic E-state index is 12.1. The van der Waals surface area contributed by atoms with E-state index in [-0.39, 0.29) is 18.2 Å². The summed E-state index contributed by atoms with van der Waals surface area (Å²) >= 11 is 12.0. The Hall–Kier alpha value is -1.26. The minimum Gasteiger partial charge on any atom is -0.368 e. The summed E-state index contributed by atoms with van der Waals surface area (Å²) in [6.07, 6.45) is 1.08. The molecular formula is C15H18Cl2N2O2. The minimum absolute atomic E-state index is 0.0471. The molecular weight excluding hydrogens is 311 g/mol. The molecule has 1 fully saturated rings. The van der Waals surface area contributed by atoms with Crippen LogP contribution in [0.25, 0.3) is 0 Å². The van der Waals surface area contributed by atoms with Gasteiger partial charge in [0.05, 0.1) is 0 Å². The summed E-state index contributed by atoms with van der Waals surface area (Å²) in [7, 11) is 0. The molecule has 0 spiro atoms. The number of hydrogen-bond donors (Lipinski definition) is 0. The van der Waals surface area contributed by atoms with Gasteiger partial charge in [0, 0.05) is 54.3 Å². The van der Waals surface area contributed by atoms with Gasteiger partial charge in [0.25, 0.3) is 0 Å². The quantitative estimate of drug-likeness (QED) is 0.798. The molecule has 0 aliphatic carbocycles. The van der Waals surface area contributed by atoms with E-state index >= 15 is 0 Å². The Kier molecular flexibility index (Phi) is 5.48. The summed E-state index contributed by atoms with van der Waals surface area (Å²) in [5, 5.41) is 1.21. The van der Waals surface area contributed by atoms with Gasteiger partial charge in [0.2, 0.25) is 5.91 Å². The molecule has 1 unspecified atom stereocenters. The summed E-state index contributed by atoms with van der Waals surface area (Å²) in [6.45, 7) is 4.55. The molecule has 1 aliphatic heterocycles. The van der Waals surface area contributed by atoms with Crippen LogP contribution >= 0.6 is 23.2 Å². The first-order valence-electron chi connectivity index (χ1n) is 6.94. The van der Waals surface area contributed by atoms with Crippen molar-refractivity contribution in [1.82, 2.24) is 4.90 Å². The second kappa shape index (κ2) is 7.14. The second-order valence-electron chi connectivity index (χ2n) is 5.24. The van der Waals surface area contributed by atoms with Gasteiger partial charge >= 0.3 is 0 Å². The molecule has 6 heteroatoms. The first-order valence-corrected chi connectivity index (χ1v) is 7.70. The van der Waals surface area contributed by atoms with E-state index in [9.17, 15) is 9.59 Å². The molecule has 1 amide bonds. The molecule has 1 aromatic rings. The molecule has 114 valence electrons. The van der Waals surface area contributed by atoms with Crippen LogP contribution in [0.4, 0.5) is 5.69 Å². The highest BCUT2D eigenvalue weighted by molar-refractivity contribution is 6.35. The maximum Gasteiger partial charge on any atom is 0.225 e. The van der Waals surface area contributed by atoms with Gasteiger partial charge in [-0.2, -0.15) is 0 Å². The zero-order valence-corrected chi connectivity index (χ0v) is 13.4. The zero-order valence-electron chi connectivity index (χ0n) is 11.9. The van der Waals surface area contributed by atoms with Gasteiger partial charge in [-0.05, 0) is 18.2 Å². The van der Waals surface area contributed by atoms with Crippen molar-refractivity contribution in [2.45, 2.75) is 13.3 Å². The number of halogens is 2. The van der Waals surface area contributed by atoms with Crippen LogP contribution in [0.1, 0.15) is 13.3 Å². The number of piperazine rings is 1. The van der Waals surface area contributed by atoms with Crippen LogP contribution in [0.15, 0.2) is 18.2 Å². The second-order valence-corrected chi connectivity index (χ2v) is 6.12. The van der Waals surface area contributed by atoms with E-state index in [1.54, 1.807) is 13.0 Å². The topological polar surface area (TPSA) is 40.6 Å². The lowest BCUT2D eigenvalue weighted by Gasteiger charge is -2.37. The fraction of sp³-hybridized carbons (Fsp3) is 0.467. The molecule has 0 aromatic heterocycles. The number of benzene rings is 1. The molecule has 1 aromatic carbocycles. The number of carbonyl (C=O) groups excluding carboxylic acids is 2.